The molecule has 9 N–H and O–H groups in total. The number of fused-ring (bicyclic) bond motifs is 1. The molecular weight excluding hydrogens is 741 g/mol. The van der Waals surface area contributed by atoms with Crippen LogP contribution in [0.25, 0.3) is 0 Å². The Bertz CT molecular complexity index is 2130. The lowest BCUT2D eigenvalue weighted by atomic mass is 9.89. The number of thioether (sulfide) groups is 1. The Hall–Kier alpha value is -6.10. The first-order valence-electron chi connectivity index (χ1n) is 15.6. The first kappa shape index (κ1) is 38.1. The molecule has 2 aliphatic heterocycles. The molecule has 0 bridgehead atoms. The maximum atomic E-state index is 13.4. The Kier molecular flexibility index (Phi) is 11.0. The number of aromatic nitrogens is 5. The first-order chi connectivity index (χ1) is 25.0. The fourth-order valence-corrected chi connectivity index (χ4v) is 7.06. The fraction of sp³-hybridized carbons (Fsp3) is 0.367. The van der Waals surface area contributed by atoms with Gasteiger partial charge in [0, 0.05) is 48.3 Å². The van der Waals surface area contributed by atoms with Crippen molar-refractivity contribution in [3.8, 4) is 5.75 Å². The Balaban J connectivity index is 1.25. The number of nitrogens with zero attached hydrogens (tertiary/aromatic N) is 7. The number of aliphatic carboxylic acids is 2. The average Bonchev–Trinajstić information content (AvgIpc) is 3.53. The number of nitrogens with one attached hydrogen (secondary N) is 1. The van der Waals surface area contributed by atoms with E-state index in [4.69, 9.17) is 16.3 Å². The van der Waals surface area contributed by atoms with Crippen molar-refractivity contribution < 1.29 is 53.9 Å². The molecule has 1 saturated heterocycles. The number of nitrogen functional groups attached to an aromatic ring is 2. The Morgan fingerprint density at radius 2 is 1.94 bits per heavy atom. The van der Waals surface area contributed by atoms with Gasteiger partial charge in [-0.1, -0.05) is 5.16 Å². The van der Waals surface area contributed by atoms with Crippen LogP contribution in [0, 0.1) is 5.92 Å². The number of aromatic hydroxyl groups is 1. The second-order valence-electron chi connectivity index (χ2n) is 12.3. The highest BCUT2D eigenvalue weighted by atomic mass is 32.2. The summed E-state index contributed by atoms with van der Waals surface area (Å²) in [5.74, 6) is -6.18. The van der Waals surface area contributed by atoms with E-state index in [1.165, 1.54) is 31.9 Å². The summed E-state index contributed by atoms with van der Waals surface area (Å²) in [5, 5.41) is 44.8. The number of carbonyl (C=O) groups is 5. The molecule has 0 spiro atoms. The summed E-state index contributed by atoms with van der Waals surface area (Å²) >= 11 is 2.02. The van der Waals surface area contributed by atoms with E-state index >= 15 is 0 Å². The van der Waals surface area contributed by atoms with E-state index in [1.807, 2.05) is 0 Å². The van der Waals surface area contributed by atoms with E-state index in [0.717, 1.165) is 28.7 Å². The third-order valence-corrected chi connectivity index (χ3v) is 9.98. The number of carboxylic acids is 2. The second-order valence-corrected chi connectivity index (χ2v) is 14.1. The van der Waals surface area contributed by atoms with Gasteiger partial charge in [0.05, 0.1) is 17.5 Å². The van der Waals surface area contributed by atoms with Gasteiger partial charge in [-0.25, -0.2) is 14.2 Å². The molecule has 0 saturated carbocycles. The maximum absolute atomic E-state index is 13.4. The van der Waals surface area contributed by atoms with Crippen LogP contribution in [0.5, 0.6) is 5.75 Å². The van der Waals surface area contributed by atoms with Gasteiger partial charge < -0.3 is 42.1 Å². The van der Waals surface area contributed by atoms with Gasteiger partial charge in [0.1, 0.15) is 29.8 Å². The summed E-state index contributed by atoms with van der Waals surface area (Å²) in [6.07, 6.45) is 3.45. The molecule has 0 radical (unpaired) electrons. The topological polar surface area (TPSA) is 320 Å². The summed E-state index contributed by atoms with van der Waals surface area (Å²) in [6, 6.07) is 0.832. The van der Waals surface area contributed by atoms with Crippen LogP contribution in [0.4, 0.5) is 16.6 Å². The van der Waals surface area contributed by atoms with Crippen LogP contribution in [-0.2, 0) is 30.6 Å². The molecule has 53 heavy (non-hydrogen) atoms. The van der Waals surface area contributed by atoms with Gasteiger partial charge in [-0.05, 0) is 25.3 Å². The number of carbonyl (C=O) groups excluding carboxylic acids is 3. The fourth-order valence-electron chi connectivity index (χ4n) is 5.22. The van der Waals surface area contributed by atoms with Crippen LogP contribution in [0.3, 0.4) is 0 Å². The standard InChI is InChI=1S/C30H32N10O11S2/c1-30(2,28(48)49)51-36-21(24-35-29(32)53-37-24)19(43)6-14-25(45)40-22(27(46)47)13(11-52-26(14)40)8-38-9-15(23(31)34-12-38)33-5-3-4-17(41)16-7-18(42)20(44)10-39(16)50/h7,9-10,12,14,26,31,33,50H,3-6,8,11H2,1-2H3,(H5,32,35,37,44,46,47,48,49)/p+1/b36-21+/t14-,26?/m1/s1. The summed E-state index contributed by atoms with van der Waals surface area (Å²) < 4.78 is 5.89. The van der Waals surface area contributed by atoms with E-state index in [0.29, 0.717) is 16.0 Å². The number of carboxylic acid groups (broad SMARTS) is 2. The van der Waals surface area contributed by atoms with E-state index in [1.54, 1.807) is 10.8 Å². The van der Waals surface area contributed by atoms with Crippen molar-refractivity contribution in [1.29, 1.82) is 0 Å². The third-order valence-electron chi connectivity index (χ3n) is 8.05. The van der Waals surface area contributed by atoms with Crippen LogP contribution >= 0.6 is 23.3 Å². The highest BCUT2D eigenvalue weighted by molar-refractivity contribution is 8.00. The number of ketones is 2. The van der Waals surface area contributed by atoms with E-state index < -0.39 is 69.6 Å². The summed E-state index contributed by atoms with van der Waals surface area (Å²) in [7, 11) is 0. The number of anilines is 3. The van der Waals surface area contributed by atoms with Gasteiger partial charge in [-0.15, -0.1) is 11.8 Å². The normalized spacial score (nSPS) is 17.2. The molecule has 280 valence electrons. The number of hydrogen-bond acceptors (Lipinski definition) is 18. The molecule has 3 aromatic rings. The van der Waals surface area contributed by atoms with Crippen LogP contribution in [0.2, 0.25) is 0 Å². The lowest BCUT2D eigenvalue weighted by Crippen LogP contribution is -2.62. The van der Waals surface area contributed by atoms with Crippen molar-refractivity contribution in [3.05, 3.63) is 57.8 Å². The highest BCUT2D eigenvalue weighted by Gasteiger charge is 2.54. The molecular formula is C30H33N10O11S2+. The lowest BCUT2D eigenvalue weighted by molar-refractivity contribution is -0.691. The van der Waals surface area contributed by atoms with Crippen molar-refractivity contribution in [2.24, 2.45) is 11.1 Å². The van der Waals surface area contributed by atoms with Crippen LogP contribution in [0.15, 0.2) is 46.0 Å². The van der Waals surface area contributed by atoms with Crippen molar-refractivity contribution >= 4 is 75.1 Å². The molecule has 23 heteroatoms. The minimum absolute atomic E-state index is 0.00728. The van der Waals surface area contributed by atoms with E-state index in [2.05, 4.69) is 24.8 Å². The maximum Gasteiger partial charge on any atom is 0.352 e. The zero-order chi connectivity index (χ0) is 38.8. The largest absolute Gasteiger partial charge is 0.503 e. The molecule has 2 aliphatic rings. The minimum Gasteiger partial charge on any atom is -0.503 e. The number of oxime groups is 1. The zero-order valence-corrected chi connectivity index (χ0v) is 29.6. The quantitative estimate of drug-likeness (QED) is 0.0186. The molecule has 1 amide bonds. The molecule has 5 heterocycles. The van der Waals surface area contributed by atoms with Crippen molar-refractivity contribution in [3.63, 3.8) is 0 Å². The average molecular weight is 774 g/mol. The molecule has 3 aromatic heterocycles. The summed E-state index contributed by atoms with van der Waals surface area (Å²) in [5.41, 5.74) is 8.83. The van der Waals surface area contributed by atoms with E-state index in [-0.39, 0.29) is 59.8 Å². The summed E-state index contributed by atoms with van der Waals surface area (Å²) in [6.45, 7) is 2.66. The number of Topliss-reactive ketones (excluding diaryl/α,β-unsaturated/α-hetero) is 2. The molecule has 0 aliphatic carbocycles. The van der Waals surface area contributed by atoms with Crippen molar-refractivity contribution in [2.45, 2.75) is 50.6 Å². The van der Waals surface area contributed by atoms with Gasteiger partial charge in [0.2, 0.25) is 22.8 Å². The molecule has 0 aromatic carbocycles. The molecule has 1 unspecified atom stereocenters. The van der Waals surface area contributed by atoms with Crippen LogP contribution in [-0.4, -0.2) is 103 Å². The molecule has 5 rings (SSSR count). The van der Waals surface area contributed by atoms with Gasteiger partial charge in [-0.3, -0.25) is 24.1 Å². The second kappa shape index (κ2) is 15.2. The van der Waals surface area contributed by atoms with Gasteiger partial charge in [0.15, 0.2) is 28.2 Å². The van der Waals surface area contributed by atoms with Crippen molar-refractivity contribution in [1.82, 2.24) is 24.0 Å². The number of rotatable bonds is 16. The Morgan fingerprint density at radius 1 is 1.21 bits per heavy atom. The predicted octanol–water partition coefficient (Wildman–Crippen LogP) is -0.322. The molecule has 21 nitrogen and oxygen atoms in total. The van der Waals surface area contributed by atoms with Gasteiger partial charge >= 0.3 is 11.9 Å². The molecule has 1 fully saturated rings. The smallest absolute Gasteiger partial charge is 0.352 e. The van der Waals surface area contributed by atoms with E-state index in [9.17, 15) is 49.3 Å². The summed E-state index contributed by atoms with van der Waals surface area (Å²) in [4.78, 5) is 89.2. The number of β-lactam (4-membered cyclic amide) rings is 1. The number of pyridine rings is 1. The third kappa shape index (κ3) is 8.19. The Labute approximate surface area is 306 Å². The predicted molar refractivity (Wildman–Crippen MR) is 185 cm³/mol. The van der Waals surface area contributed by atoms with Crippen LogP contribution in [0.1, 0.15) is 49.4 Å². The number of amides is 1. The SMILES string of the molecule is CC(C)(O/N=C(\C(=O)C[C@@H]1C(=O)N2C(C(=O)O)=C(C[n+]3cnc(N)c(NCCCC(=O)c4cc(=O)c(O)cn4O)c3)CSC12)c1nsc(N)n1)C(=O)O. The number of hydrogen-bond donors (Lipinski definition) is 7. The van der Waals surface area contributed by atoms with Crippen LogP contribution < -0.4 is 26.8 Å². The lowest BCUT2D eigenvalue weighted by Gasteiger charge is -2.49. The monoisotopic (exact) mass is 773 g/mol. The van der Waals surface area contributed by atoms with Gasteiger partial charge in [-0.2, -0.15) is 14.1 Å². The minimum atomic E-state index is -1.81. The zero-order valence-electron chi connectivity index (χ0n) is 28.0. The molecule has 2 atom stereocenters. The van der Waals surface area contributed by atoms with Crippen molar-refractivity contribution in [2.75, 3.05) is 29.1 Å². The Morgan fingerprint density at radius 3 is 2.60 bits per heavy atom. The number of nitrogens with two attached hydrogens (primary N) is 2. The first-order valence-corrected chi connectivity index (χ1v) is 17.4. The van der Waals surface area contributed by atoms with Gasteiger partial charge in [0.25, 0.3) is 12.1 Å². The highest BCUT2D eigenvalue weighted by Crippen LogP contribution is 2.45.